The lowest BCUT2D eigenvalue weighted by Crippen LogP contribution is -1.90. The number of carbonyl (C=O) groups is 2. The van der Waals surface area contributed by atoms with E-state index in [4.69, 9.17) is 0 Å². The van der Waals surface area contributed by atoms with Gasteiger partial charge in [0, 0.05) is 30.3 Å². The van der Waals surface area contributed by atoms with Crippen molar-refractivity contribution in [1.82, 2.24) is 0 Å². The van der Waals surface area contributed by atoms with E-state index >= 15 is 0 Å². The molecule has 2 nitrogen and oxygen atoms in total. The van der Waals surface area contributed by atoms with Crippen LogP contribution in [0.1, 0.15) is 45.7 Å². The largest absolute Gasteiger partial charge is 0.295 e. The third kappa shape index (κ3) is 11.1. The fourth-order valence-electron chi connectivity index (χ4n) is 2.73. The minimum Gasteiger partial charge on any atom is -0.295 e. The maximum absolute atomic E-state index is 11.1. The molecule has 180 valence electrons. The summed E-state index contributed by atoms with van der Waals surface area (Å²) in [4.78, 5) is 25.3. The Morgan fingerprint density at radius 1 is 0.600 bits per heavy atom. The van der Waals surface area contributed by atoms with Gasteiger partial charge in [-0.05, 0) is 76.2 Å². The minimum atomic E-state index is 0.104. The molecule has 0 spiro atoms. The Kier molecular flexibility index (Phi) is 12.0. The lowest BCUT2D eigenvalue weighted by Gasteiger charge is -2.03. The highest BCUT2D eigenvalue weighted by atomic mass is 79.9. The molecule has 0 radical (unpaired) electrons. The maximum Gasteiger partial charge on any atom is 0.159 e. The topological polar surface area (TPSA) is 34.1 Å². The molecule has 0 aliphatic rings. The standard InChI is InChI=1S/C15H14OS.C8H7BrO.C7H8S/c1-11-3-7-14(8-4-11)17-15-9-5-13(6-10-15)12(2)16;1-6(10)7-2-4-8(9)5-3-7;1-6-2-4-7(8)5-3-6/h3-10H,1-2H3;2-5H,1H3;2-5,8H,1H3. The summed E-state index contributed by atoms with van der Waals surface area (Å²) in [5, 5.41) is 0. The molecule has 0 atom stereocenters. The summed E-state index contributed by atoms with van der Waals surface area (Å²) in [6.07, 6.45) is 0. The first-order chi connectivity index (χ1) is 16.6. The van der Waals surface area contributed by atoms with E-state index in [0.717, 1.165) is 25.4 Å². The van der Waals surface area contributed by atoms with Crippen LogP contribution in [0.25, 0.3) is 0 Å². The summed E-state index contributed by atoms with van der Waals surface area (Å²) in [6.45, 7) is 7.29. The van der Waals surface area contributed by atoms with Crippen LogP contribution < -0.4 is 0 Å². The van der Waals surface area contributed by atoms with E-state index in [9.17, 15) is 9.59 Å². The van der Waals surface area contributed by atoms with Gasteiger partial charge in [-0.2, -0.15) is 0 Å². The molecule has 0 saturated carbocycles. The highest BCUT2D eigenvalue weighted by Gasteiger charge is 2.00. The van der Waals surface area contributed by atoms with Crippen molar-refractivity contribution in [2.24, 2.45) is 0 Å². The number of ketones is 2. The first-order valence-electron chi connectivity index (χ1n) is 11.0. The molecule has 0 aliphatic carbocycles. The van der Waals surface area contributed by atoms with E-state index in [1.807, 2.05) is 60.7 Å². The summed E-state index contributed by atoms with van der Waals surface area (Å²) in [7, 11) is 0. The van der Waals surface area contributed by atoms with Gasteiger partial charge in [-0.1, -0.05) is 87.3 Å². The Bertz CT molecular complexity index is 1190. The molecule has 0 saturated heterocycles. The van der Waals surface area contributed by atoms with Crippen LogP contribution in [0.2, 0.25) is 0 Å². The van der Waals surface area contributed by atoms with Gasteiger partial charge in [0.15, 0.2) is 11.6 Å². The summed E-state index contributed by atoms with van der Waals surface area (Å²) < 4.78 is 0.998. The zero-order chi connectivity index (χ0) is 25.8. The minimum absolute atomic E-state index is 0.104. The highest BCUT2D eigenvalue weighted by Crippen LogP contribution is 2.27. The summed E-state index contributed by atoms with van der Waals surface area (Å²) >= 11 is 9.12. The molecule has 0 bridgehead atoms. The van der Waals surface area contributed by atoms with E-state index in [1.54, 1.807) is 37.7 Å². The van der Waals surface area contributed by atoms with Gasteiger partial charge in [0.25, 0.3) is 0 Å². The lowest BCUT2D eigenvalue weighted by atomic mass is 10.2. The molecule has 4 rings (SSSR count). The number of hydrogen-bond acceptors (Lipinski definition) is 4. The summed E-state index contributed by atoms with van der Waals surface area (Å²) in [5.41, 5.74) is 4.06. The number of halogens is 1. The fourth-order valence-corrected chi connectivity index (χ4v) is 3.96. The van der Waals surface area contributed by atoms with Crippen molar-refractivity contribution in [1.29, 1.82) is 0 Å². The normalized spacial score (nSPS) is 9.77. The predicted molar refractivity (Wildman–Crippen MR) is 154 cm³/mol. The van der Waals surface area contributed by atoms with Gasteiger partial charge in [-0.15, -0.1) is 12.6 Å². The van der Waals surface area contributed by atoms with E-state index in [2.05, 4.69) is 66.7 Å². The predicted octanol–water partition coefficient (Wildman–Crippen LogP) is 9.28. The number of Topliss-reactive ketones (excluding diaryl/α,β-unsaturated/α-hetero) is 2. The Morgan fingerprint density at radius 2 is 0.943 bits per heavy atom. The number of aryl methyl sites for hydroxylation is 2. The monoisotopic (exact) mass is 564 g/mol. The van der Waals surface area contributed by atoms with Crippen LogP contribution in [-0.4, -0.2) is 11.6 Å². The highest BCUT2D eigenvalue weighted by molar-refractivity contribution is 9.10. The Balaban J connectivity index is 0.000000204. The van der Waals surface area contributed by atoms with Crippen LogP contribution in [0.15, 0.2) is 116 Å². The van der Waals surface area contributed by atoms with Gasteiger partial charge < -0.3 is 0 Å². The molecule has 0 aliphatic heterocycles. The first-order valence-corrected chi connectivity index (χ1v) is 13.1. The van der Waals surface area contributed by atoms with Crippen LogP contribution in [0.3, 0.4) is 0 Å². The number of hydrogen-bond donors (Lipinski definition) is 1. The van der Waals surface area contributed by atoms with Crippen LogP contribution >= 0.6 is 40.3 Å². The van der Waals surface area contributed by atoms with Gasteiger partial charge in [0.2, 0.25) is 0 Å². The second-order valence-corrected chi connectivity index (χ2v) is 10.5. The van der Waals surface area contributed by atoms with Crippen molar-refractivity contribution in [2.75, 3.05) is 0 Å². The molecule has 0 aromatic heterocycles. The number of carbonyl (C=O) groups excluding carboxylic acids is 2. The second kappa shape index (κ2) is 14.7. The van der Waals surface area contributed by atoms with Crippen LogP contribution in [0.5, 0.6) is 0 Å². The third-order valence-electron chi connectivity index (χ3n) is 4.80. The molecule has 0 unspecified atom stereocenters. The Labute approximate surface area is 226 Å². The summed E-state index contributed by atoms with van der Waals surface area (Å²) in [5.74, 6) is 0.212. The van der Waals surface area contributed by atoms with Crippen molar-refractivity contribution in [2.45, 2.75) is 42.4 Å². The average molecular weight is 566 g/mol. The smallest absolute Gasteiger partial charge is 0.159 e. The van der Waals surface area contributed by atoms with Gasteiger partial charge in [-0.3, -0.25) is 9.59 Å². The molecular weight excluding hydrogens is 536 g/mol. The van der Waals surface area contributed by atoms with Gasteiger partial charge >= 0.3 is 0 Å². The molecule has 0 fully saturated rings. The van der Waals surface area contributed by atoms with Crippen molar-refractivity contribution in [3.63, 3.8) is 0 Å². The SMILES string of the molecule is CC(=O)c1ccc(Br)cc1.CC(=O)c1ccc(Sc2ccc(C)cc2)cc1.Cc1ccc(S)cc1. The molecule has 0 N–H and O–H groups in total. The quantitative estimate of drug-likeness (QED) is 0.198. The van der Waals surface area contributed by atoms with Gasteiger partial charge in [0.05, 0.1) is 0 Å². The molecule has 0 heterocycles. The molecule has 4 aromatic carbocycles. The molecule has 5 heteroatoms. The van der Waals surface area contributed by atoms with E-state index in [0.29, 0.717) is 0 Å². The average Bonchev–Trinajstić information content (AvgIpc) is 2.84. The maximum atomic E-state index is 11.1. The number of benzene rings is 4. The molecule has 4 aromatic rings. The Morgan fingerprint density at radius 3 is 1.31 bits per heavy atom. The van der Waals surface area contributed by atoms with Crippen molar-refractivity contribution in [3.8, 4) is 0 Å². The third-order valence-corrected chi connectivity index (χ3v) is 6.64. The first kappa shape index (κ1) is 28.6. The summed E-state index contributed by atoms with van der Waals surface area (Å²) in [6, 6.07) is 31.5. The number of thiol groups is 1. The van der Waals surface area contributed by atoms with E-state index in [1.165, 1.54) is 16.0 Å². The molecular formula is C30H29BrO2S2. The van der Waals surface area contributed by atoms with Crippen LogP contribution in [0, 0.1) is 13.8 Å². The van der Waals surface area contributed by atoms with Crippen molar-refractivity contribution in [3.05, 3.63) is 124 Å². The zero-order valence-electron chi connectivity index (χ0n) is 20.3. The second-order valence-electron chi connectivity index (χ2n) is 7.89. The lowest BCUT2D eigenvalue weighted by molar-refractivity contribution is 0.100. The Hall–Kier alpha value is -2.60. The van der Waals surface area contributed by atoms with Crippen LogP contribution in [0.4, 0.5) is 0 Å². The molecule has 35 heavy (non-hydrogen) atoms. The van der Waals surface area contributed by atoms with Crippen molar-refractivity contribution < 1.29 is 9.59 Å². The van der Waals surface area contributed by atoms with Gasteiger partial charge in [-0.25, -0.2) is 0 Å². The fraction of sp³-hybridized carbons (Fsp3) is 0.133. The van der Waals surface area contributed by atoms with Gasteiger partial charge in [0.1, 0.15) is 0 Å². The number of rotatable bonds is 4. The van der Waals surface area contributed by atoms with E-state index < -0.39 is 0 Å². The van der Waals surface area contributed by atoms with E-state index in [-0.39, 0.29) is 11.6 Å². The van der Waals surface area contributed by atoms with Crippen LogP contribution in [-0.2, 0) is 0 Å². The molecule has 0 amide bonds. The zero-order valence-corrected chi connectivity index (χ0v) is 23.6. The van der Waals surface area contributed by atoms with Crippen molar-refractivity contribution >= 4 is 51.9 Å².